The Labute approximate surface area is 249 Å². The van der Waals surface area contributed by atoms with E-state index in [0.717, 1.165) is 65.2 Å². The van der Waals surface area contributed by atoms with Crippen molar-refractivity contribution in [3.63, 3.8) is 0 Å². The van der Waals surface area contributed by atoms with Gasteiger partial charge < -0.3 is 35.1 Å². The van der Waals surface area contributed by atoms with E-state index in [0.29, 0.717) is 12.5 Å². The van der Waals surface area contributed by atoms with Crippen LogP contribution in [0.1, 0.15) is 52.5 Å². The maximum Gasteiger partial charge on any atom is 0.336 e. The monoisotopic (exact) mass is 592 g/mol. The van der Waals surface area contributed by atoms with Gasteiger partial charge in [-0.2, -0.15) is 5.26 Å². The lowest BCUT2D eigenvalue weighted by atomic mass is 9.96. The number of aliphatic hydroxyl groups is 1. The van der Waals surface area contributed by atoms with Crippen molar-refractivity contribution in [2.45, 2.75) is 59.0 Å². The molecule has 0 aromatic heterocycles. The first-order valence-electron chi connectivity index (χ1n) is 14.3. The molecule has 0 saturated heterocycles. The number of carboxylic acid groups (broad SMARTS) is 3. The lowest BCUT2D eigenvalue weighted by molar-refractivity contribution is -0.170. The van der Waals surface area contributed by atoms with Gasteiger partial charge in [0.15, 0.2) is 11.8 Å². The highest BCUT2D eigenvalue weighted by Crippen LogP contribution is 2.15. The number of guanidine groups is 1. The first-order chi connectivity index (χ1) is 20.0. The zero-order valence-electron chi connectivity index (χ0n) is 25.3. The van der Waals surface area contributed by atoms with Crippen LogP contribution < -0.4 is 5.32 Å². The van der Waals surface area contributed by atoms with Crippen LogP contribution in [0.5, 0.6) is 0 Å². The number of likely N-dealkylation sites (N-methyl/N-ethyl adjacent to an activating group) is 2. The Balaban J connectivity index is 0.00000108. The van der Waals surface area contributed by atoms with Gasteiger partial charge in [-0.05, 0) is 44.6 Å². The molecule has 0 amide bonds. The van der Waals surface area contributed by atoms with E-state index in [1.165, 1.54) is 5.56 Å². The smallest absolute Gasteiger partial charge is 0.336 e. The fourth-order valence-electron chi connectivity index (χ4n) is 4.06. The summed E-state index contributed by atoms with van der Waals surface area (Å²) in [7, 11) is 0. The molecule has 13 heteroatoms. The second kappa shape index (κ2) is 21.9. The summed E-state index contributed by atoms with van der Waals surface area (Å²) in [5, 5.41) is 45.9. The molecule has 236 valence electrons. The van der Waals surface area contributed by atoms with Crippen LogP contribution in [0.4, 0.5) is 0 Å². The van der Waals surface area contributed by atoms with Crippen LogP contribution in [0.25, 0.3) is 0 Å². The third kappa shape index (κ3) is 16.5. The van der Waals surface area contributed by atoms with Crippen LogP contribution in [-0.2, 0) is 20.8 Å². The Hall–Kier alpha value is -3.73. The Morgan fingerprint density at radius 1 is 0.857 bits per heavy atom. The summed E-state index contributed by atoms with van der Waals surface area (Å²) in [4.78, 5) is 42.2. The molecule has 5 N–H and O–H groups in total. The number of nitriles is 1. The predicted octanol–water partition coefficient (Wildman–Crippen LogP) is 1.78. The summed E-state index contributed by atoms with van der Waals surface area (Å²) in [6.07, 6.45) is 1.86. The number of benzene rings is 1. The minimum Gasteiger partial charge on any atom is -0.481 e. The number of carboxylic acids is 3. The predicted molar refractivity (Wildman–Crippen MR) is 160 cm³/mol. The van der Waals surface area contributed by atoms with E-state index in [4.69, 9.17) is 25.4 Å². The fraction of sp³-hybridized carbons (Fsp3) is 0.621. The van der Waals surface area contributed by atoms with E-state index >= 15 is 0 Å². The van der Waals surface area contributed by atoms with Gasteiger partial charge in [0, 0.05) is 26.2 Å². The second-order valence-electron chi connectivity index (χ2n) is 9.55. The van der Waals surface area contributed by atoms with Gasteiger partial charge in [-0.15, -0.1) is 0 Å². The third-order valence-corrected chi connectivity index (χ3v) is 6.64. The highest BCUT2D eigenvalue weighted by molar-refractivity contribution is 5.88. The Morgan fingerprint density at radius 2 is 1.38 bits per heavy atom. The fourth-order valence-corrected chi connectivity index (χ4v) is 4.06. The number of rotatable bonds is 19. The molecule has 0 fully saturated rings. The van der Waals surface area contributed by atoms with Crippen molar-refractivity contribution in [1.82, 2.24) is 20.0 Å². The summed E-state index contributed by atoms with van der Waals surface area (Å²) in [5.74, 6) is -4.31. The Morgan fingerprint density at radius 3 is 1.83 bits per heavy atom. The van der Waals surface area contributed by atoms with Crippen molar-refractivity contribution in [2.24, 2.45) is 4.99 Å². The second-order valence-corrected chi connectivity index (χ2v) is 9.55. The molecule has 0 radical (unpaired) electrons. The van der Waals surface area contributed by atoms with Gasteiger partial charge in [-0.1, -0.05) is 58.0 Å². The first kappa shape index (κ1) is 38.3. The van der Waals surface area contributed by atoms with Crippen LogP contribution in [-0.4, -0.2) is 123 Å². The van der Waals surface area contributed by atoms with E-state index in [2.05, 4.69) is 84.2 Å². The molecule has 0 spiro atoms. The van der Waals surface area contributed by atoms with Gasteiger partial charge in [-0.25, -0.2) is 4.79 Å². The molecular formula is C29H48N6O7. The average Bonchev–Trinajstić information content (AvgIpc) is 2.94. The van der Waals surface area contributed by atoms with E-state index in [1.807, 2.05) is 0 Å². The van der Waals surface area contributed by atoms with Crippen LogP contribution in [0.3, 0.4) is 0 Å². The number of nitrogens with one attached hydrogen (secondary N) is 1. The molecule has 0 bridgehead atoms. The minimum absolute atomic E-state index is 0.701. The number of carbonyl (C=O) groups is 3. The number of hydrogen-bond acceptors (Lipinski definition) is 8. The maximum absolute atomic E-state index is 10.3. The van der Waals surface area contributed by atoms with E-state index in [9.17, 15) is 19.6 Å². The molecule has 0 unspecified atom stereocenters. The van der Waals surface area contributed by atoms with E-state index in [-0.39, 0.29) is 0 Å². The lowest BCUT2D eigenvalue weighted by Crippen LogP contribution is -2.44. The lowest BCUT2D eigenvalue weighted by Gasteiger charge is -2.28. The summed E-state index contributed by atoms with van der Waals surface area (Å²) < 4.78 is 0. The number of aryl methyl sites for hydroxylation is 1. The standard InChI is InChI=1S/C23H40N6.C6H8O7/c1-5-27(6-2)18-16-25-23(26-21-24)29(20-19-28(7-3)8-4)17-12-15-22-13-10-9-11-14-22;7-3(8)1-6(13,5(11)12)2-4(9)10/h9-11,13-14H,5-8,12,15-20H2,1-4H3,(H,25,26);13H,1-2H2,(H,7,8)(H,9,10)(H,11,12). The molecule has 0 aliphatic heterocycles. The number of aliphatic imine (C=N–C) groups is 1. The number of nitrogens with zero attached hydrogens (tertiary/aromatic N) is 5. The Bertz CT molecular complexity index is 976. The molecule has 1 aromatic carbocycles. The molecule has 0 aliphatic rings. The Kier molecular flexibility index (Phi) is 20.0. The van der Waals surface area contributed by atoms with Crippen LogP contribution >= 0.6 is 0 Å². The summed E-state index contributed by atoms with van der Waals surface area (Å²) in [5.41, 5.74) is -1.39. The summed E-state index contributed by atoms with van der Waals surface area (Å²) in [6.45, 7) is 17.2. The molecule has 13 nitrogen and oxygen atoms in total. The van der Waals surface area contributed by atoms with Crippen LogP contribution in [0.2, 0.25) is 0 Å². The quantitative estimate of drug-likeness (QED) is 0.0678. The first-order valence-corrected chi connectivity index (χ1v) is 14.3. The minimum atomic E-state index is -2.74. The van der Waals surface area contributed by atoms with Crippen molar-refractivity contribution >= 4 is 23.9 Å². The molecule has 42 heavy (non-hydrogen) atoms. The van der Waals surface area contributed by atoms with Crippen molar-refractivity contribution in [2.75, 3.05) is 58.9 Å². The van der Waals surface area contributed by atoms with Crippen molar-refractivity contribution in [1.29, 1.82) is 5.26 Å². The zero-order chi connectivity index (χ0) is 32.0. The molecule has 0 atom stereocenters. The van der Waals surface area contributed by atoms with Crippen LogP contribution in [0, 0.1) is 11.5 Å². The normalized spacial score (nSPS) is 11.4. The molecule has 1 aromatic rings. The van der Waals surface area contributed by atoms with Gasteiger partial charge in [0.1, 0.15) is 0 Å². The van der Waals surface area contributed by atoms with Gasteiger partial charge in [0.25, 0.3) is 0 Å². The van der Waals surface area contributed by atoms with E-state index < -0.39 is 36.4 Å². The molecule has 0 aliphatic carbocycles. The zero-order valence-corrected chi connectivity index (χ0v) is 25.3. The molecule has 1 rings (SSSR count). The summed E-state index contributed by atoms with van der Waals surface area (Å²) in [6, 6.07) is 10.6. The maximum atomic E-state index is 10.3. The molecule has 0 saturated carbocycles. The number of aliphatic carboxylic acids is 3. The van der Waals surface area contributed by atoms with Crippen molar-refractivity contribution < 1.29 is 34.8 Å². The topological polar surface area (TPSA) is 190 Å². The van der Waals surface area contributed by atoms with Crippen molar-refractivity contribution in [3.05, 3.63) is 35.9 Å². The average molecular weight is 593 g/mol. The van der Waals surface area contributed by atoms with E-state index in [1.54, 1.807) is 0 Å². The number of hydrogen-bond donors (Lipinski definition) is 5. The molecule has 0 heterocycles. The summed E-state index contributed by atoms with van der Waals surface area (Å²) >= 11 is 0. The van der Waals surface area contributed by atoms with Crippen molar-refractivity contribution in [3.8, 4) is 6.19 Å². The highest BCUT2D eigenvalue weighted by atomic mass is 16.4. The largest absolute Gasteiger partial charge is 0.481 e. The van der Waals surface area contributed by atoms with Gasteiger partial charge >= 0.3 is 17.9 Å². The molecular weight excluding hydrogens is 544 g/mol. The highest BCUT2D eigenvalue weighted by Gasteiger charge is 2.40. The third-order valence-electron chi connectivity index (χ3n) is 6.64. The van der Waals surface area contributed by atoms with Gasteiger partial charge in [-0.3, -0.25) is 19.9 Å². The van der Waals surface area contributed by atoms with Gasteiger partial charge in [0.05, 0.1) is 19.4 Å². The van der Waals surface area contributed by atoms with Gasteiger partial charge in [0.2, 0.25) is 5.96 Å². The SMILES string of the molecule is CCN(CC)CCN=C(NC#N)N(CCCc1ccccc1)CCN(CC)CC.O=C(O)CC(O)(CC(=O)O)C(=O)O. The van der Waals surface area contributed by atoms with Crippen LogP contribution in [0.15, 0.2) is 35.3 Å².